The number of esters is 1. The van der Waals surface area contributed by atoms with Crippen molar-refractivity contribution in [2.24, 2.45) is 5.92 Å². The number of thiophene rings is 1. The van der Waals surface area contributed by atoms with E-state index < -0.39 is 40.8 Å². The molecule has 10 nitrogen and oxygen atoms in total. The molecule has 0 radical (unpaired) electrons. The molecule has 2 amide bonds. The SMILES string of the molecule is CCOC(=O)c1c(N2C(=O)[C@@H]3[C@@H](ON(c4ccccc4)[C@H]3c3cccc([N+](=O)[O-])c3)C2=O)sc2c1CCCC2. The van der Waals surface area contributed by atoms with Gasteiger partial charge in [-0.3, -0.25) is 24.5 Å². The average Bonchev–Trinajstić information content (AvgIpc) is 3.59. The minimum Gasteiger partial charge on any atom is -0.462 e. The predicted octanol–water partition coefficient (Wildman–Crippen LogP) is 4.76. The third-order valence-electron chi connectivity index (χ3n) is 7.38. The summed E-state index contributed by atoms with van der Waals surface area (Å²) in [7, 11) is 0. The Hall–Kier alpha value is -4.09. The average molecular weight is 548 g/mol. The van der Waals surface area contributed by atoms with Crippen LogP contribution in [0.3, 0.4) is 0 Å². The highest BCUT2D eigenvalue weighted by molar-refractivity contribution is 7.17. The monoisotopic (exact) mass is 547 g/mol. The fourth-order valence-electron chi connectivity index (χ4n) is 5.70. The first-order valence-electron chi connectivity index (χ1n) is 12.9. The number of carbonyl (C=O) groups excluding carboxylic acids is 3. The summed E-state index contributed by atoms with van der Waals surface area (Å²) in [5.74, 6) is -2.60. The van der Waals surface area contributed by atoms with Crippen molar-refractivity contribution in [2.45, 2.75) is 44.8 Å². The second-order valence-corrected chi connectivity index (χ2v) is 10.7. The van der Waals surface area contributed by atoms with Crippen LogP contribution in [-0.2, 0) is 32.0 Å². The third kappa shape index (κ3) is 4.09. The molecule has 200 valence electrons. The molecule has 2 aromatic carbocycles. The number of hydroxylamine groups is 1. The lowest BCUT2D eigenvalue weighted by Gasteiger charge is -2.28. The van der Waals surface area contributed by atoms with Gasteiger partial charge >= 0.3 is 5.97 Å². The molecule has 39 heavy (non-hydrogen) atoms. The van der Waals surface area contributed by atoms with Crippen molar-refractivity contribution in [3.63, 3.8) is 0 Å². The summed E-state index contributed by atoms with van der Waals surface area (Å²) in [5.41, 5.74) is 2.08. The number of nitrogens with zero attached hydrogens (tertiary/aromatic N) is 3. The van der Waals surface area contributed by atoms with Crippen LogP contribution in [0.4, 0.5) is 16.4 Å². The lowest BCUT2D eigenvalue weighted by molar-refractivity contribution is -0.384. The van der Waals surface area contributed by atoms with Gasteiger partial charge < -0.3 is 4.74 Å². The van der Waals surface area contributed by atoms with Crippen LogP contribution in [0, 0.1) is 16.0 Å². The molecule has 2 saturated heterocycles. The van der Waals surface area contributed by atoms with Gasteiger partial charge in [-0.2, -0.15) is 0 Å². The van der Waals surface area contributed by atoms with E-state index >= 15 is 0 Å². The molecule has 3 atom stereocenters. The number of carbonyl (C=O) groups is 3. The molecule has 3 aromatic rings. The first-order valence-corrected chi connectivity index (χ1v) is 13.7. The van der Waals surface area contributed by atoms with E-state index in [9.17, 15) is 24.5 Å². The summed E-state index contributed by atoms with van der Waals surface area (Å²) in [6, 6.07) is 14.2. The van der Waals surface area contributed by atoms with Gasteiger partial charge in [0.25, 0.3) is 11.6 Å². The van der Waals surface area contributed by atoms with Crippen molar-refractivity contribution in [2.75, 3.05) is 16.6 Å². The molecular formula is C28H25N3O7S. The van der Waals surface area contributed by atoms with Gasteiger partial charge in [0, 0.05) is 17.0 Å². The zero-order valence-corrected chi connectivity index (χ0v) is 21.9. The number of nitro benzene ring substituents is 1. The number of non-ortho nitro benzene ring substituents is 1. The Bertz CT molecular complexity index is 1490. The number of aryl methyl sites for hydroxylation is 1. The van der Waals surface area contributed by atoms with Crippen LogP contribution < -0.4 is 9.96 Å². The van der Waals surface area contributed by atoms with E-state index in [0.717, 1.165) is 34.6 Å². The molecule has 6 rings (SSSR count). The van der Waals surface area contributed by atoms with Gasteiger partial charge in [0.15, 0.2) is 6.10 Å². The van der Waals surface area contributed by atoms with Gasteiger partial charge in [-0.25, -0.2) is 14.8 Å². The number of hydrogen-bond donors (Lipinski definition) is 0. The number of amides is 2. The Morgan fingerprint density at radius 1 is 1.10 bits per heavy atom. The highest BCUT2D eigenvalue weighted by atomic mass is 32.1. The molecule has 3 aliphatic rings. The van der Waals surface area contributed by atoms with Crippen molar-refractivity contribution < 1.29 is 28.9 Å². The smallest absolute Gasteiger partial charge is 0.341 e. The van der Waals surface area contributed by atoms with Crippen LogP contribution >= 0.6 is 11.3 Å². The molecule has 0 N–H and O–H groups in total. The van der Waals surface area contributed by atoms with Gasteiger partial charge in [-0.05, 0) is 55.9 Å². The largest absolute Gasteiger partial charge is 0.462 e. The number of benzene rings is 2. The first-order chi connectivity index (χ1) is 18.9. The normalized spacial score (nSPS) is 22.1. The van der Waals surface area contributed by atoms with E-state index in [0.29, 0.717) is 17.7 Å². The third-order valence-corrected chi connectivity index (χ3v) is 8.66. The van der Waals surface area contributed by atoms with Crippen molar-refractivity contribution >= 4 is 45.5 Å². The number of para-hydroxylation sites is 1. The lowest BCUT2D eigenvalue weighted by Crippen LogP contribution is -2.37. The zero-order chi connectivity index (χ0) is 27.3. The molecular weight excluding hydrogens is 522 g/mol. The van der Waals surface area contributed by atoms with Crippen LogP contribution in [0.2, 0.25) is 0 Å². The van der Waals surface area contributed by atoms with Crippen LogP contribution in [0.5, 0.6) is 0 Å². The number of hydrogen-bond acceptors (Lipinski definition) is 9. The lowest BCUT2D eigenvalue weighted by atomic mass is 9.90. The Kier molecular flexibility index (Phi) is 6.40. The highest BCUT2D eigenvalue weighted by Crippen LogP contribution is 2.50. The number of anilines is 2. The first kappa shape index (κ1) is 25.2. The van der Waals surface area contributed by atoms with E-state index in [4.69, 9.17) is 9.57 Å². The van der Waals surface area contributed by atoms with Gasteiger partial charge in [-0.1, -0.05) is 30.3 Å². The Morgan fingerprint density at radius 2 is 1.87 bits per heavy atom. The minimum atomic E-state index is -1.16. The molecule has 0 bridgehead atoms. The van der Waals surface area contributed by atoms with Gasteiger partial charge in [0.05, 0.1) is 28.8 Å². The molecule has 0 unspecified atom stereocenters. The molecule has 3 heterocycles. The fraction of sp³-hybridized carbons (Fsp3) is 0.321. The summed E-state index contributed by atoms with van der Waals surface area (Å²) in [5, 5.41) is 13.3. The summed E-state index contributed by atoms with van der Waals surface area (Å²) in [6.45, 7) is 1.88. The molecule has 2 aliphatic heterocycles. The standard InChI is InChI=1S/C28H25N3O7S/c1-2-37-28(34)21-19-13-6-7-14-20(19)39-27(21)29-25(32)22-23(16-9-8-12-18(15-16)31(35)36)30(38-24(22)26(29)33)17-10-4-3-5-11-17/h3-5,8-12,15,22-24H,2,6-7,13-14H2,1H3/t22-,23-,24+/m0/s1. The summed E-state index contributed by atoms with van der Waals surface area (Å²) < 4.78 is 5.33. The Balaban J connectivity index is 1.45. The number of rotatable bonds is 6. The molecule has 11 heteroatoms. The maximum Gasteiger partial charge on any atom is 0.341 e. The topological polar surface area (TPSA) is 119 Å². The van der Waals surface area contributed by atoms with Crippen molar-refractivity contribution in [1.82, 2.24) is 0 Å². The quantitative estimate of drug-likeness (QED) is 0.188. The van der Waals surface area contributed by atoms with E-state index in [1.54, 1.807) is 43.3 Å². The van der Waals surface area contributed by atoms with Crippen molar-refractivity contribution in [3.8, 4) is 0 Å². The van der Waals surface area contributed by atoms with Crippen LogP contribution in [0.1, 0.15) is 52.2 Å². The number of imide groups is 1. The number of nitro groups is 1. The van der Waals surface area contributed by atoms with Crippen molar-refractivity contribution in [1.29, 1.82) is 0 Å². The van der Waals surface area contributed by atoms with Gasteiger partial charge in [-0.15, -0.1) is 11.3 Å². The summed E-state index contributed by atoms with van der Waals surface area (Å²) >= 11 is 1.29. The van der Waals surface area contributed by atoms with Crippen LogP contribution in [0.15, 0.2) is 54.6 Å². The summed E-state index contributed by atoms with van der Waals surface area (Å²) in [4.78, 5) is 60.4. The van der Waals surface area contributed by atoms with Crippen LogP contribution in [0.25, 0.3) is 0 Å². The van der Waals surface area contributed by atoms with E-state index in [-0.39, 0.29) is 22.9 Å². The minimum absolute atomic E-state index is 0.131. The summed E-state index contributed by atoms with van der Waals surface area (Å²) in [6.07, 6.45) is 2.16. The van der Waals surface area contributed by atoms with Gasteiger partial charge in [0.1, 0.15) is 10.9 Å². The molecule has 1 aromatic heterocycles. The number of fused-ring (bicyclic) bond motifs is 2. The zero-order valence-electron chi connectivity index (χ0n) is 21.1. The molecule has 1 aliphatic carbocycles. The second-order valence-electron chi connectivity index (χ2n) is 9.63. The Labute approximate surface area is 227 Å². The highest BCUT2D eigenvalue weighted by Gasteiger charge is 2.61. The number of ether oxygens (including phenoxy) is 1. The Morgan fingerprint density at radius 3 is 2.62 bits per heavy atom. The van der Waals surface area contributed by atoms with Crippen LogP contribution in [-0.4, -0.2) is 35.4 Å². The molecule has 0 saturated carbocycles. The van der Waals surface area contributed by atoms with Crippen molar-refractivity contribution in [3.05, 3.63) is 86.3 Å². The maximum absolute atomic E-state index is 14.1. The molecule has 0 spiro atoms. The van der Waals surface area contributed by atoms with E-state index in [1.807, 2.05) is 6.07 Å². The predicted molar refractivity (Wildman–Crippen MR) is 143 cm³/mol. The molecule has 2 fully saturated rings. The van der Waals surface area contributed by atoms with E-state index in [2.05, 4.69) is 0 Å². The van der Waals surface area contributed by atoms with Gasteiger partial charge in [0.2, 0.25) is 5.91 Å². The maximum atomic E-state index is 14.1. The van der Waals surface area contributed by atoms with E-state index in [1.165, 1.54) is 28.5 Å². The second kappa shape index (κ2) is 9.90. The fourth-order valence-corrected chi connectivity index (χ4v) is 7.08.